The molecule has 0 aromatic heterocycles. The number of benzene rings is 2. The van der Waals surface area contributed by atoms with Gasteiger partial charge in [-0.15, -0.1) is 12.4 Å². The molecule has 1 fully saturated rings. The van der Waals surface area contributed by atoms with E-state index in [1.54, 1.807) is 7.11 Å². The summed E-state index contributed by atoms with van der Waals surface area (Å²) in [6, 6.07) is 16.0. The maximum atomic E-state index is 11.9. The van der Waals surface area contributed by atoms with Crippen LogP contribution in [-0.4, -0.2) is 50.7 Å². The van der Waals surface area contributed by atoms with E-state index in [1.165, 1.54) is 5.69 Å². The van der Waals surface area contributed by atoms with Crippen LogP contribution in [0, 0.1) is 0 Å². The summed E-state index contributed by atoms with van der Waals surface area (Å²) in [7, 11) is 1.71. The Morgan fingerprint density at radius 3 is 2.64 bits per heavy atom. The fourth-order valence-corrected chi connectivity index (χ4v) is 3.97. The molecule has 2 aromatic carbocycles. The highest BCUT2D eigenvalue weighted by molar-refractivity contribution is 5.93. The van der Waals surface area contributed by atoms with Crippen LogP contribution in [0.5, 0.6) is 5.75 Å². The normalized spacial score (nSPS) is 19.0. The lowest BCUT2D eigenvalue weighted by molar-refractivity contribution is 0.0358. The fourth-order valence-electron chi connectivity index (χ4n) is 3.97. The summed E-state index contributed by atoms with van der Waals surface area (Å²) in [5.41, 5.74) is 3.00. The van der Waals surface area contributed by atoms with Crippen molar-refractivity contribution < 1.29 is 14.3 Å². The molecule has 5 nitrogen and oxygen atoms in total. The van der Waals surface area contributed by atoms with Crippen LogP contribution in [0.15, 0.2) is 48.5 Å². The summed E-state index contributed by atoms with van der Waals surface area (Å²) in [5.74, 6) is 0.726. The van der Waals surface area contributed by atoms with Gasteiger partial charge in [0.15, 0.2) is 0 Å². The second-order valence-corrected chi connectivity index (χ2v) is 7.15. The number of ether oxygens (including phenoxy) is 2. The minimum Gasteiger partial charge on any atom is -0.497 e. The van der Waals surface area contributed by atoms with E-state index in [9.17, 15) is 4.79 Å². The van der Waals surface area contributed by atoms with Gasteiger partial charge in [-0.25, -0.2) is 4.79 Å². The number of cyclic esters (lactones) is 1. The first-order chi connectivity index (χ1) is 13.2. The summed E-state index contributed by atoms with van der Waals surface area (Å²) in [6.45, 7) is 5.20. The Bertz CT molecular complexity index is 806. The molecule has 2 aliphatic heterocycles. The van der Waals surface area contributed by atoms with E-state index in [0.29, 0.717) is 0 Å². The van der Waals surface area contributed by atoms with Crippen molar-refractivity contribution in [1.29, 1.82) is 0 Å². The van der Waals surface area contributed by atoms with E-state index in [0.717, 1.165) is 62.4 Å². The van der Waals surface area contributed by atoms with E-state index < -0.39 is 0 Å². The molecule has 0 amide bonds. The Balaban J connectivity index is 0.00000225. The molecule has 0 radical (unpaired) electrons. The van der Waals surface area contributed by atoms with Crippen LogP contribution >= 0.6 is 12.4 Å². The minimum atomic E-state index is -0.178. The number of esters is 1. The van der Waals surface area contributed by atoms with Gasteiger partial charge in [0.05, 0.1) is 12.7 Å². The smallest absolute Gasteiger partial charge is 0.339 e. The summed E-state index contributed by atoms with van der Waals surface area (Å²) in [5, 5.41) is 0. The number of carbonyl (C=O) groups excluding carboxylic acids is 1. The van der Waals surface area contributed by atoms with Crippen molar-refractivity contribution in [3.63, 3.8) is 0 Å². The van der Waals surface area contributed by atoms with E-state index in [1.807, 2.05) is 36.4 Å². The molecular formula is C22H27ClN2O3. The molecule has 0 N–H and O–H groups in total. The highest BCUT2D eigenvalue weighted by atomic mass is 35.5. The number of rotatable bonds is 6. The molecule has 0 bridgehead atoms. The highest BCUT2D eigenvalue weighted by Crippen LogP contribution is 2.33. The highest BCUT2D eigenvalue weighted by Gasteiger charge is 2.30. The molecule has 2 heterocycles. The van der Waals surface area contributed by atoms with Crippen molar-refractivity contribution in [3.8, 4) is 5.75 Å². The summed E-state index contributed by atoms with van der Waals surface area (Å²) < 4.78 is 10.9. The standard InChI is InChI=1S/C22H26N2O3.ClH/c1-26-18-7-4-6-17(16-18)24-14-12-23(13-15-24)11-5-10-21-19-8-2-3-9-20(19)22(25)27-21;/h2-4,6-9,16,21H,5,10-15H2,1H3;1H. The van der Waals surface area contributed by atoms with E-state index in [2.05, 4.69) is 21.9 Å². The topological polar surface area (TPSA) is 42.0 Å². The zero-order valence-electron chi connectivity index (χ0n) is 16.2. The zero-order chi connectivity index (χ0) is 18.6. The number of carbonyl (C=O) groups is 1. The van der Waals surface area contributed by atoms with Crippen molar-refractivity contribution >= 4 is 24.1 Å². The molecule has 150 valence electrons. The molecular weight excluding hydrogens is 376 g/mol. The monoisotopic (exact) mass is 402 g/mol. The zero-order valence-corrected chi connectivity index (χ0v) is 17.0. The van der Waals surface area contributed by atoms with Gasteiger partial charge in [-0.05, 0) is 37.6 Å². The molecule has 1 unspecified atom stereocenters. The number of hydrogen-bond acceptors (Lipinski definition) is 5. The van der Waals surface area contributed by atoms with Gasteiger partial charge in [-0.2, -0.15) is 0 Å². The lowest BCUT2D eigenvalue weighted by Crippen LogP contribution is -2.46. The largest absolute Gasteiger partial charge is 0.497 e. The van der Waals surface area contributed by atoms with Gasteiger partial charge >= 0.3 is 5.97 Å². The van der Waals surface area contributed by atoms with Crippen molar-refractivity contribution in [2.45, 2.75) is 18.9 Å². The van der Waals surface area contributed by atoms with Crippen LogP contribution in [0.3, 0.4) is 0 Å². The molecule has 0 saturated carbocycles. The third kappa shape index (κ3) is 4.42. The molecule has 2 aliphatic rings. The number of hydrogen-bond donors (Lipinski definition) is 0. The lowest BCUT2D eigenvalue weighted by Gasteiger charge is -2.36. The first-order valence-corrected chi connectivity index (χ1v) is 9.66. The number of halogens is 1. The van der Waals surface area contributed by atoms with Gasteiger partial charge < -0.3 is 14.4 Å². The van der Waals surface area contributed by atoms with Crippen LogP contribution in [0.2, 0.25) is 0 Å². The first kappa shape index (κ1) is 20.5. The van der Waals surface area contributed by atoms with Crippen molar-refractivity contribution in [2.75, 3.05) is 44.7 Å². The number of methoxy groups -OCH3 is 1. The summed E-state index contributed by atoms with van der Waals surface area (Å²) >= 11 is 0. The second-order valence-electron chi connectivity index (χ2n) is 7.15. The second kappa shape index (κ2) is 9.30. The van der Waals surface area contributed by atoms with E-state index in [-0.39, 0.29) is 24.5 Å². The molecule has 1 saturated heterocycles. The number of piperazine rings is 1. The molecule has 4 rings (SSSR count). The Hall–Kier alpha value is -2.24. The predicted molar refractivity (Wildman–Crippen MR) is 113 cm³/mol. The predicted octanol–water partition coefficient (Wildman–Crippen LogP) is 3.93. The Morgan fingerprint density at radius 2 is 1.86 bits per heavy atom. The lowest BCUT2D eigenvalue weighted by atomic mass is 10.0. The fraction of sp³-hybridized carbons (Fsp3) is 0.409. The Kier molecular flexibility index (Phi) is 6.81. The van der Waals surface area contributed by atoms with Crippen LogP contribution in [-0.2, 0) is 4.74 Å². The molecule has 28 heavy (non-hydrogen) atoms. The van der Waals surface area contributed by atoms with Crippen molar-refractivity contribution in [1.82, 2.24) is 4.90 Å². The van der Waals surface area contributed by atoms with Gasteiger partial charge in [0.25, 0.3) is 0 Å². The van der Waals surface area contributed by atoms with E-state index in [4.69, 9.17) is 9.47 Å². The molecule has 2 aromatic rings. The van der Waals surface area contributed by atoms with Crippen LogP contribution in [0.25, 0.3) is 0 Å². The SMILES string of the molecule is COc1cccc(N2CCN(CCCC3OC(=O)c4ccccc43)CC2)c1.Cl. The van der Waals surface area contributed by atoms with E-state index >= 15 is 0 Å². The molecule has 1 atom stereocenters. The van der Waals surface area contributed by atoms with Crippen molar-refractivity contribution in [3.05, 3.63) is 59.7 Å². The van der Waals surface area contributed by atoms with Gasteiger partial charge in [0, 0.05) is 43.5 Å². The van der Waals surface area contributed by atoms with Gasteiger partial charge in [0.1, 0.15) is 11.9 Å². The average molecular weight is 403 g/mol. The summed E-state index contributed by atoms with van der Waals surface area (Å²) in [6.07, 6.45) is 1.84. The molecule has 6 heteroatoms. The van der Waals surface area contributed by atoms with Crippen LogP contribution < -0.4 is 9.64 Å². The average Bonchev–Trinajstić information content (AvgIpc) is 3.05. The van der Waals surface area contributed by atoms with Crippen molar-refractivity contribution in [2.24, 2.45) is 0 Å². The van der Waals surface area contributed by atoms with Gasteiger partial charge in [-0.3, -0.25) is 4.90 Å². The Labute approximate surface area is 172 Å². The maximum Gasteiger partial charge on any atom is 0.339 e. The third-order valence-electron chi connectivity index (χ3n) is 5.51. The molecule has 0 aliphatic carbocycles. The maximum absolute atomic E-state index is 11.9. The third-order valence-corrected chi connectivity index (χ3v) is 5.51. The minimum absolute atomic E-state index is 0. The number of nitrogens with zero attached hydrogens (tertiary/aromatic N) is 2. The van der Waals surface area contributed by atoms with Gasteiger partial charge in [0.2, 0.25) is 0 Å². The Morgan fingerprint density at radius 1 is 1.07 bits per heavy atom. The molecule has 0 spiro atoms. The first-order valence-electron chi connectivity index (χ1n) is 9.66. The number of fused-ring (bicyclic) bond motifs is 1. The van der Waals surface area contributed by atoms with Crippen LogP contribution in [0.1, 0.15) is 34.9 Å². The quantitative estimate of drug-likeness (QED) is 0.685. The summed E-state index contributed by atoms with van der Waals surface area (Å²) in [4.78, 5) is 16.8. The van der Waals surface area contributed by atoms with Crippen LogP contribution in [0.4, 0.5) is 5.69 Å². The van der Waals surface area contributed by atoms with Gasteiger partial charge in [-0.1, -0.05) is 24.3 Å². The number of anilines is 1.